The summed E-state index contributed by atoms with van der Waals surface area (Å²) in [5.74, 6) is 0. The average molecular weight is 313 g/mol. The molecule has 0 aliphatic rings. The number of nitrogens with zero attached hydrogens (tertiary/aromatic N) is 1. The first-order chi connectivity index (χ1) is 10.9. The SMILES string of the molecule is C=CC(=C/C)/C(=C\C(=C)/C(=C/C)N(C)/C=C/CC)/C=C(\C)NC. The van der Waals surface area contributed by atoms with Crippen molar-refractivity contribution in [3.05, 3.63) is 83.9 Å². The molecule has 2 nitrogen and oxygen atoms in total. The Bertz CT molecular complexity index is 554. The summed E-state index contributed by atoms with van der Waals surface area (Å²) < 4.78 is 0. The molecule has 0 aliphatic carbocycles. The Kier molecular flexibility index (Phi) is 10.3. The van der Waals surface area contributed by atoms with Gasteiger partial charge in [0.15, 0.2) is 0 Å². The highest BCUT2D eigenvalue weighted by molar-refractivity contribution is 5.52. The number of hydrogen-bond donors (Lipinski definition) is 1. The third kappa shape index (κ3) is 7.05. The van der Waals surface area contributed by atoms with Gasteiger partial charge in [-0.25, -0.2) is 0 Å². The fourth-order valence-electron chi connectivity index (χ4n) is 2.14. The summed E-state index contributed by atoms with van der Waals surface area (Å²) in [4.78, 5) is 2.10. The van der Waals surface area contributed by atoms with Gasteiger partial charge in [0.1, 0.15) is 0 Å². The van der Waals surface area contributed by atoms with E-state index in [0.717, 1.165) is 34.5 Å². The predicted octanol–water partition coefficient (Wildman–Crippen LogP) is 5.48. The van der Waals surface area contributed by atoms with Crippen LogP contribution >= 0.6 is 0 Å². The van der Waals surface area contributed by atoms with Crippen molar-refractivity contribution in [3.8, 4) is 0 Å². The molecule has 0 radical (unpaired) electrons. The van der Waals surface area contributed by atoms with Gasteiger partial charge < -0.3 is 10.2 Å². The van der Waals surface area contributed by atoms with Crippen molar-refractivity contribution in [1.29, 1.82) is 0 Å². The molecule has 0 saturated heterocycles. The Balaban J connectivity index is 5.74. The fraction of sp³-hybridized carbons (Fsp3) is 0.333. The number of hydrogen-bond acceptors (Lipinski definition) is 2. The van der Waals surface area contributed by atoms with Crippen LogP contribution in [-0.2, 0) is 0 Å². The van der Waals surface area contributed by atoms with Crippen molar-refractivity contribution >= 4 is 0 Å². The molecular formula is C21H32N2. The van der Waals surface area contributed by atoms with Crippen LogP contribution in [0.5, 0.6) is 0 Å². The van der Waals surface area contributed by atoms with Crippen molar-refractivity contribution in [2.75, 3.05) is 14.1 Å². The molecule has 0 rings (SSSR count). The number of likely N-dealkylation sites (N-methyl/N-ethyl adjacent to an activating group) is 1. The van der Waals surface area contributed by atoms with Crippen molar-refractivity contribution in [3.63, 3.8) is 0 Å². The van der Waals surface area contributed by atoms with Gasteiger partial charge in [-0.2, -0.15) is 0 Å². The maximum Gasteiger partial charge on any atom is 0.0427 e. The molecule has 0 atom stereocenters. The van der Waals surface area contributed by atoms with Crippen LogP contribution in [0.3, 0.4) is 0 Å². The summed E-state index contributed by atoms with van der Waals surface area (Å²) in [6.07, 6.45) is 15.4. The molecule has 23 heavy (non-hydrogen) atoms. The van der Waals surface area contributed by atoms with Crippen molar-refractivity contribution < 1.29 is 0 Å². The van der Waals surface area contributed by atoms with Gasteiger partial charge in [-0.15, -0.1) is 0 Å². The molecule has 2 heteroatoms. The molecule has 0 aromatic heterocycles. The van der Waals surface area contributed by atoms with Crippen LogP contribution in [0.25, 0.3) is 0 Å². The van der Waals surface area contributed by atoms with Crippen LogP contribution in [0, 0.1) is 0 Å². The quantitative estimate of drug-likeness (QED) is 0.567. The van der Waals surface area contributed by atoms with E-state index in [4.69, 9.17) is 0 Å². The molecule has 126 valence electrons. The van der Waals surface area contributed by atoms with Crippen molar-refractivity contribution in [2.45, 2.75) is 34.1 Å². The summed E-state index contributed by atoms with van der Waals surface area (Å²) in [5, 5.41) is 3.16. The molecular weight excluding hydrogens is 280 g/mol. The van der Waals surface area contributed by atoms with Crippen molar-refractivity contribution in [2.24, 2.45) is 0 Å². The zero-order chi connectivity index (χ0) is 17.8. The molecule has 0 aliphatic heterocycles. The monoisotopic (exact) mass is 312 g/mol. The van der Waals surface area contributed by atoms with Crippen LogP contribution in [-0.4, -0.2) is 19.0 Å². The molecule has 0 aromatic carbocycles. The fourth-order valence-corrected chi connectivity index (χ4v) is 2.14. The third-order valence-electron chi connectivity index (χ3n) is 3.51. The Morgan fingerprint density at radius 1 is 1.13 bits per heavy atom. The second-order valence-electron chi connectivity index (χ2n) is 5.23. The second-order valence-corrected chi connectivity index (χ2v) is 5.23. The number of rotatable bonds is 9. The second kappa shape index (κ2) is 11.4. The van der Waals surface area contributed by atoms with Gasteiger partial charge in [0.25, 0.3) is 0 Å². The first-order valence-electron chi connectivity index (χ1n) is 8.06. The van der Waals surface area contributed by atoms with E-state index in [1.807, 2.05) is 40.9 Å². The minimum atomic E-state index is 0.965. The maximum atomic E-state index is 4.25. The standard InChI is InChI=1S/C21H32N2/c1-9-13-14-23(8)21(12-4)17(5)15-20(16-18(6)22-7)19(10-2)11-3/h10-16,22H,2,5,9H2,1,3-4,6-8H3/b14-13+,18-16+,19-11-,20-15-,21-12-. The number of nitrogens with one attached hydrogen (secondary N) is 1. The van der Waals surface area contributed by atoms with Crippen LogP contribution in [0.1, 0.15) is 34.1 Å². The Labute approximate surface area is 143 Å². The molecule has 1 N–H and O–H groups in total. The average Bonchev–Trinajstić information content (AvgIpc) is 2.54. The Morgan fingerprint density at radius 2 is 1.78 bits per heavy atom. The molecule has 0 unspecified atom stereocenters. The first kappa shape index (κ1) is 20.8. The molecule has 0 amide bonds. The molecule has 0 saturated carbocycles. The summed E-state index contributed by atoms with van der Waals surface area (Å²) in [6.45, 7) is 16.4. The lowest BCUT2D eigenvalue weighted by Crippen LogP contribution is -2.11. The van der Waals surface area contributed by atoms with Gasteiger partial charge in [-0.05, 0) is 62.3 Å². The smallest absolute Gasteiger partial charge is 0.0427 e. The largest absolute Gasteiger partial charge is 0.392 e. The van der Waals surface area contributed by atoms with Gasteiger partial charge in [0.2, 0.25) is 0 Å². The molecule has 0 bridgehead atoms. The molecule has 0 spiro atoms. The van der Waals surface area contributed by atoms with Gasteiger partial charge >= 0.3 is 0 Å². The zero-order valence-electron chi connectivity index (χ0n) is 15.6. The van der Waals surface area contributed by atoms with Crippen LogP contribution in [0.2, 0.25) is 0 Å². The van der Waals surface area contributed by atoms with E-state index in [1.54, 1.807) is 0 Å². The topological polar surface area (TPSA) is 15.3 Å². The van der Waals surface area contributed by atoms with E-state index in [9.17, 15) is 0 Å². The van der Waals surface area contributed by atoms with E-state index >= 15 is 0 Å². The van der Waals surface area contributed by atoms with E-state index in [0.29, 0.717) is 0 Å². The van der Waals surface area contributed by atoms with Gasteiger partial charge in [-0.1, -0.05) is 44.4 Å². The van der Waals surface area contributed by atoms with E-state index < -0.39 is 0 Å². The lowest BCUT2D eigenvalue weighted by Gasteiger charge is -2.19. The Hall–Kier alpha value is -2.22. The molecule has 0 fully saturated rings. The van der Waals surface area contributed by atoms with Gasteiger partial charge in [0, 0.05) is 25.5 Å². The summed E-state index contributed by atoms with van der Waals surface area (Å²) in [6, 6.07) is 0. The minimum absolute atomic E-state index is 0.965. The van der Waals surface area contributed by atoms with Crippen molar-refractivity contribution in [1.82, 2.24) is 10.2 Å². The zero-order valence-corrected chi connectivity index (χ0v) is 15.6. The van der Waals surface area contributed by atoms with E-state index in [1.165, 1.54) is 0 Å². The van der Waals surface area contributed by atoms with Gasteiger partial charge in [-0.3, -0.25) is 0 Å². The highest BCUT2D eigenvalue weighted by Gasteiger charge is 2.06. The lowest BCUT2D eigenvalue weighted by atomic mass is 10.0. The van der Waals surface area contributed by atoms with E-state index in [2.05, 4.69) is 66.9 Å². The first-order valence-corrected chi connectivity index (χ1v) is 8.06. The molecule has 0 aromatic rings. The molecule has 0 heterocycles. The number of allylic oxidation sites excluding steroid dienone is 9. The minimum Gasteiger partial charge on any atom is -0.392 e. The summed E-state index contributed by atoms with van der Waals surface area (Å²) in [5.41, 5.74) is 5.32. The van der Waals surface area contributed by atoms with Gasteiger partial charge in [0.05, 0.1) is 0 Å². The maximum absolute atomic E-state index is 4.25. The predicted molar refractivity (Wildman–Crippen MR) is 105 cm³/mol. The van der Waals surface area contributed by atoms with Crippen LogP contribution < -0.4 is 5.32 Å². The highest BCUT2D eigenvalue weighted by Crippen LogP contribution is 2.21. The van der Waals surface area contributed by atoms with Crippen LogP contribution in [0.4, 0.5) is 0 Å². The summed E-state index contributed by atoms with van der Waals surface area (Å²) >= 11 is 0. The Morgan fingerprint density at radius 3 is 2.22 bits per heavy atom. The van der Waals surface area contributed by atoms with E-state index in [-0.39, 0.29) is 0 Å². The van der Waals surface area contributed by atoms with Crippen LogP contribution in [0.15, 0.2) is 83.9 Å². The normalized spacial score (nSPS) is 14.2. The highest BCUT2D eigenvalue weighted by atomic mass is 15.1. The third-order valence-corrected chi connectivity index (χ3v) is 3.51. The summed E-state index contributed by atoms with van der Waals surface area (Å²) in [7, 11) is 3.96. The lowest BCUT2D eigenvalue weighted by molar-refractivity contribution is 0.578.